The third-order valence-corrected chi connectivity index (χ3v) is 8.94. The second kappa shape index (κ2) is 15.0. The van der Waals surface area contributed by atoms with Crippen LogP contribution in [0.1, 0.15) is 61.6 Å². The normalized spacial score (nSPS) is 17.9. The first-order valence-electron chi connectivity index (χ1n) is 14.9. The van der Waals surface area contributed by atoms with Crippen molar-refractivity contribution in [3.05, 3.63) is 65.2 Å². The fourth-order valence-corrected chi connectivity index (χ4v) is 6.41. The lowest BCUT2D eigenvalue weighted by atomic mass is 9.67. The van der Waals surface area contributed by atoms with Crippen LogP contribution < -0.4 is 0 Å². The number of carbonyl (C=O) groups is 1. The van der Waals surface area contributed by atoms with Gasteiger partial charge in [0, 0.05) is 31.7 Å². The molecule has 1 saturated heterocycles. The summed E-state index contributed by atoms with van der Waals surface area (Å²) in [4.78, 5) is 17.3. The molecule has 4 rings (SSSR count). The number of ether oxygens (including phenoxy) is 3. The van der Waals surface area contributed by atoms with Crippen LogP contribution in [-0.4, -0.2) is 87.8 Å². The number of rotatable bonds is 14. The topological polar surface area (TPSA) is 71.5 Å². The molecule has 2 fully saturated rings. The molecule has 0 radical (unpaired) electrons. The number of likely N-dealkylation sites (tertiary alicyclic amines) is 1. The maximum atomic E-state index is 13.1. The second-order valence-electron chi connectivity index (χ2n) is 11.6. The van der Waals surface area contributed by atoms with Gasteiger partial charge in [0.15, 0.2) is 6.29 Å². The van der Waals surface area contributed by atoms with Crippen molar-refractivity contribution in [3.63, 3.8) is 0 Å². The van der Waals surface area contributed by atoms with Crippen molar-refractivity contribution in [2.45, 2.75) is 63.1 Å². The number of nitrogens with zero attached hydrogens (tertiary/aromatic N) is 2. The van der Waals surface area contributed by atoms with E-state index >= 15 is 0 Å². The minimum absolute atomic E-state index is 0.0880. The molecule has 40 heavy (non-hydrogen) atoms. The van der Waals surface area contributed by atoms with Crippen molar-refractivity contribution in [1.29, 1.82) is 0 Å². The van der Waals surface area contributed by atoms with E-state index in [0.29, 0.717) is 37.8 Å². The minimum Gasteiger partial charge on any atom is -0.508 e. The number of piperidine rings is 1. The van der Waals surface area contributed by atoms with Crippen molar-refractivity contribution in [2.75, 3.05) is 60.7 Å². The average molecular weight is 553 g/mol. The molecule has 220 valence electrons. The van der Waals surface area contributed by atoms with Gasteiger partial charge in [-0.15, -0.1) is 0 Å². The number of hydrogen-bond acceptors (Lipinski definition) is 6. The fraction of sp³-hybridized carbons (Fsp3) is 0.606. The van der Waals surface area contributed by atoms with Crippen LogP contribution in [0.3, 0.4) is 0 Å². The quantitative estimate of drug-likeness (QED) is 0.263. The molecule has 1 saturated carbocycles. The molecule has 0 atom stereocenters. The highest BCUT2D eigenvalue weighted by Gasteiger charge is 2.39. The lowest BCUT2D eigenvalue weighted by molar-refractivity contribution is -0.147. The molecule has 0 unspecified atom stereocenters. The van der Waals surface area contributed by atoms with Crippen LogP contribution in [0, 0.1) is 5.92 Å². The minimum atomic E-state index is -0.418. The first-order valence-corrected chi connectivity index (χ1v) is 14.9. The van der Waals surface area contributed by atoms with E-state index < -0.39 is 6.29 Å². The molecule has 2 aromatic rings. The molecule has 7 heteroatoms. The van der Waals surface area contributed by atoms with E-state index in [1.54, 1.807) is 14.2 Å². The first-order chi connectivity index (χ1) is 19.4. The Hall–Kier alpha value is -2.45. The molecule has 1 amide bonds. The van der Waals surface area contributed by atoms with Gasteiger partial charge in [-0.2, -0.15) is 0 Å². The van der Waals surface area contributed by atoms with Gasteiger partial charge in [0.2, 0.25) is 5.91 Å². The highest BCUT2D eigenvalue weighted by molar-refractivity contribution is 5.76. The first kappa shape index (κ1) is 30.5. The number of methoxy groups -OCH3 is 2. The van der Waals surface area contributed by atoms with E-state index in [-0.39, 0.29) is 11.3 Å². The number of aromatic hydroxyl groups is 1. The van der Waals surface area contributed by atoms with Gasteiger partial charge >= 0.3 is 0 Å². The number of phenolic OH excluding ortho intramolecular Hbond substituents is 1. The Morgan fingerprint density at radius 3 is 2.42 bits per heavy atom. The fourth-order valence-electron chi connectivity index (χ4n) is 6.41. The van der Waals surface area contributed by atoms with Crippen LogP contribution in [0.4, 0.5) is 0 Å². The second-order valence-corrected chi connectivity index (χ2v) is 11.6. The van der Waals surface area contributed by atoms with Gasteiger partial charge in [-0.3, -0.25) is 4.79 Å². The Bertz CT molecular complexity index is 1040. The van der Waals surface area contributed by atoms with Gasteiger partial charge < -0.3 is 29.1 Å². The maximum absolute atomic E-state index is 13.1. The summed E-state index contributed by atoms with van der Waals surface area (Å²) in [6, 6.07) is 16.6. The molecular formula is C33H48N2O5. The summed E-state index contributed by atoms with van der Waals surface area (Å²) < 4.78 is 16.7. The molecule has 0 spiro atoms. The summed E-state index contributed by atoms with van der Waals surface area (Å²) in [6.07, 6.45) is 7.45. The molecule has 1 aliphatic heterocycles. The van der Waals surface area contributed by atoms with E-state index in [9.17, 15) is 9.90 Å². The average Bonchev–Trinajstić information content (AvgIpc) is 3.50. The number of hydrogen-bond donors (Lipinski definition) is 1. The molecule has 0 aromatic heterocycles. The summed E-state index contributed by atoms with van der Waals surface area (Å²) >= 11 is 0. The number of benzene rings is 2. The van der Waals surface area contributed by atoms with E-state index in [4.69, 9.17) is 14.2 Å². The van der Waals surface area contributed by atoms with E-state index in [2.05, 4.69) is 42.3 Å². The third kappa shape index (κ3) is 7.84. The predicted octanol–water partition coefficient (Wildman–Crippen LogP) is 4.99. The number of carbonyl (C=O) groups excluding carboxylic acids is 1. The van der Waals surface area contributed by atoms with Gasteiger partial charge in [-0.1, -0.05) is 55.3 Å². The largest absolute Gasteiger partial charge is 0.508 e. The molecular weight excluding hydrogens is 504 g/mol. The Morgan fingerprint density at radius 1 is 1.05 bits per heavy atom. The Labute approximate surface area is 240 Å². The molecule has 2 aromatic carbocycles. The maximum Gasteiger partial charge on any atom is 0.225 e. The van der Waals surface area contributed by atoms with Crippen LogP contribution in [0.2, 0.25) is 0 Å². The Kier molecular flexibility index (Phi) is 11.4. The van der Waals surface area contributed by atoms with Gasteiger partial charge in [-0.05, 0) is 75.4 Å². The van der Waals surface area contributed by atoms with Crippen LogP contribution in [0.25, 0.3) is 0 Å². The molecule has 1 heterocycles. The van der Waals surface area contributed by atoms with Gasteiger partial charge in [0.05, 0.1) is 26.2 Å². The predicted molar refractivity (Wildman–Crippen MR) is 158 cm³/mol. The van der Waals surface area contributed by atoms with Gasteiger partial charge in [0.1, 0.15) is 5.75 Å². The van der Waals surface area contributed by atoms with Crippen molar-refractivity contribution in [3.8, 4) is 5.75 Å². The molecule has 0 bridgehead atoms. The molecule has 7 nitrogen and oxygen atoms in total. The third-order valence-electron chi connectivity index (χ3n) is 8.94. The molecule has 2 aliphatic rings. The standard InChI is InChI=1S/C33H48N2O5/c1-34-19-17-33(18-20-34,28-11-5-4-6-12-28)29-23-26(13-14-30(29)36)15-21-40-22-16-31(37)35(25-32(38-2)39-3)24-27-9-7-8-10-27/h4-6,11-14,23,27,32,36H,7-10,15-22,24-25H2,1-3H3. The Morgan fingerprint density at radius 2 is 1.75 bits per heavy atom. The van der Waals surface area contributed by atoms with Gasteiger partial charge in [0.25, 0.3) is 0 Å². The van der Waals surface area contributed by atoms with Crippen LogP contribution in [-0.2, 0) is 30.8 Å². The highest BCUT2D eigenvalue weighted by Crippen LogP contribution is 2.45. The summed E-state index contributed by atoms with van der Waals surface area (Å²) in [7, 11) is 5.38. The summed E-state index contributed by atoms with van der Waals surface area (Å²) in [5.41, 5.74) is 3.20. The lowest BCUT2D eigenvalue weighted by Gasteiger charge is -2.42. The number of amides is 1. The smallest absolute Gasteiger partial charge is 0.225 e. The van der Waals surface area contributed by atoms with Crippen molar-refractivity contribution >= 4 is 5.91 Å². The van der Waals surface area contributed by atoms with E-state index in [1.807, 2.05) is 23.1 Å². The van der Waals surface area contributed by atoms with Gasteiger partial charge in [-0.25, -0.2) is 0 Å². The molecule has 1 N–H and O–H groups in total. The van der Waals surface area contributed by atoms with Crippen LogP contribution in [0.5, 0.6) is 5.75 Å². The summed E-state index contributed by atoms with van der Waals surface area (Å²) in [6.45, 7) is 4.09. The van der Waals surface area contributed by atoms with Crippen molar-refractivity contribution in [2.24, 2.45) is 5.92 Å². The monoisotopic (exact) mass is 552 g/mol. The van der Waals surface area contributed by atoms with Crippen molar-refractivity contribution < 1.29 is 24.1 Å². The number of phenols is 1. The zero-order chi connectivity index (χ0) is 28.4. The SMILES string of the molecule is COC(CN(CC1CCCC1)C(=O)CCOCCc1ccc(O)c(C2(c3ccccc3)CCN(C)CC2)c1)OC. The van der Waals surface area contributed by atoms with Crippen LogP contribution in [0.15, 0.2) is 48.5 Å². The van der Waals surface area contributed by atoms with E-state index in [0.717, 1.165) is 50.0 Å². The Balaban J connectivity index is 1.34. The lowest BCUT2D eigenvalue weighted by Crippen LogP contribution is -2.41. The summed E-state index contributed by atoms with van der Waals surface area (Å²) in [5, 5.41) is 11.0. The van der Waals surface area contributed by atoms with Crippen molar-refractivity contribution in [1.82, 2.24) is 9.80 Å². The van der Waals surface area contributed by atoms with Crippen LogP contribution >= 0.6 is 0 Å². The van der Waals surface area contributed by atoms with E-state index in [1.165, 1.54) is 31.2 Å². The summed E-state index contributed by atoms with van der Waals surface area (Å²) in [5.74, 6) is 1.01. The zero-order valence-corrected chi connectivity index (χ0v) is 24.6. The highest BCUT2D eigenvalue weighted by atomic mass is 16.7. The molecule has 1 aliphatic carbocycles. The zero-order valence-electron chi connectivity index (χ0n) is 24.6.